The number of benzene rings is 10. The fraction of sp³-hybridized carbons (Fsp3) is 0.0606. The molecule has 2 aliphatic carbocycles. The minimum absolute atomic E-state index is 0.253. The van der Waals surface area contributed by atoms with Gasteiger partial charge in [0.05, 0.1) is 5.41 Å². The van der Waals surface area contributed by atoms with E-state index in [1.165, 1.54) is 83.1 Å². The highest BCUT2D eigenvalue weighted by atomic mass is 14.9. The second-order valence-electron chi connectivity index (χ2n) is 18.6. The highest BCUT2D eigenvalue weighted by molar-refractivity contribution is 6.02. The molecule has 2 atom stereocenters. The Labute approximate surface area is 398 Å². The van der Waals surface area contributed by atoms with Crippen LogP contribution in [-0.2, 0) is 5.41 Å². The van der Waals surface area contributed by atoms with E-state index in [1.54, 1.807) is 0 Å². The Morgan fingerprint density at radius 1 is 0.412 bits per heavy atom. The second kappa shape index (κ2) is 16.2. The number of para-hydroxylation sites is 2. The van der Waals surface area contributed by atoms with Gasteiger partial charge in [-0.2, -0.15) is 0 Å². The minimum atomic E-state index is -0.423. The van der Waals surface area contributed by atoms with Crippen LogP contribution in [0.25, 0.3) is 66.4 Å². The van der Waals surface area contributed by atoms with Gasteiger partial charge in [0.15, 0.2) is 0 Å². The molecule has 0 amide bonds. The van der Waals surface area contributed by atoms with E-state index in [9.17, 15) is 0 Å². The summed E-state index contributed by atoms with van der Waals surface area (Å²) in [5.41, 5.74) is 22.5. The standard InChI is InChI=1S/C66H48N2/c1-43-35-53(42-61-65(43)58-31-12-15-32-60(58)66(61,51-23-4-2-5-24-51)52-25-6-3-7-26-52)67-62-33-16-13-28-55(62)47-22-18-21-44(36-47)48-37-49-39-50(38-48)56-29-14-17-34-63(56)68-64-41-46-20-9-8-19-45(46)40-59(64)57-30-11-10-27-54(49)57/h2-43,65,67-68H,1H3. The first-order chi connectivity index (χ1) is 33.6. The van der Waals surface area contributed by atoms with Crippen LogP contribution in [-0.4, -0.2) is 0 Å². The number of allylic oxidation sites excluding steroid dienone is 3. The smallest absolute Gasteiger partial charge is 0.0674 e. The molecule has 1 heterocycles. The molecule has 2 N–H and O–H groups in total. The lowest BCUT2D eigenvalue weighted by Crippen LogP contribution is -2.31. The molecule has 0 fully saturated rings. The second-order valence-corrected chi connectivity index (χ2v) is 18.6. The maximum atomic E-state index is 4.00. The quantitative estimate of drug-likeness (QED) is 0.174. The number of hydrogen-bond acceptors (Lipinski definition) is 2. The molecule has 10 aromatic rings. The molecular weight excluding hydrogens is 821 g/mol. The number of hydrogen-bond donors (Lipinski definition) is 2. The number of nitrogens with one attached hydrogen (secondary N) is 2. The summed E-state index contributed by atoms with van der Waals surface area (Å²) in [6.07, 6.45) is 4.91. The van der Waals surface area contributed by atoms with Crippen molar-refractivity contribution in [2.24, 2.45) is 5.92 Å². The molecule has 2 nitrogen and oxygen atoms in total. The Kier molecular flexibility index (Phi) is 9.47. The summed E-state index contributed by atoms with van der Waals surface area (Å²) in [6.45, 7) is 2.39. The molecule has 2 unspecified atom stereocenters. The van der Waals surface area contributed by atoms with Crippen LogP contribution in [0.2, 0.25) is 0 Å². The molecule has 0 spiro atoms. The van der Waals surface area contributed by atoms with Crippen molar-refractivity contribution in [1.29, 1.82) is 0 Å². The Hall–Kier alpha value is -8.46. The highest BCUT2D eigenvalue weighted by Crippen LogP contribution is 2.61. The summed E-state index contributed by atoms with van der Waals surface area (Å²) in [7, 11) is 0. The zero-order valence-corrected chi connectivity index (χ0v) is 37.8. The van der Waals surface area contributed by atoms with Gasteiger partial charge < -0.3 is 10.6 Å². The van der Waals surface area contributed by atoms with E-state index in [1.807, 2.05) is 0 Å². The van der Waals surface area contributed by atoms with Gasteiger partial charge in [-0.3, -0.25) is 0 Å². The molecule has 1 aliphatic heterocycles. The topological polar surface area (TPSA) is 24.1 Å². The SMILES string of the molecule is CC1C=C(Nc2ccccc2-c2cccc(-c3cc4cc(c3)-c3ccccc3-c3cc5ccccc5cc3Nc3ccccc3-4)c2)C=C2C1c1ccccc1C2(c1ccccc1)c1ccccc1. The van der Waals surface area contributed by atoms with Crippen LogP contribution >= 0.6 is 0 Å². The van der Waals surface area contributed by atoms with Crippen molar-refractivity contribution in [2.45, 2.75) is 18.3 Å². The minimum Gasteiger partial charge on any atom is -0.355 e. The molecule has 0 radical (unpaired) electrons. The van der Waals surface area contributed by atoms with Gasteiger partial charge in [0.25, 0.3) is 0 Å². The lowest BCUT2D eigenvalue weighted by Gasteiger charge is -2.37. The average Bonchev–Trinajstić information content (AvgIpc) is 3.70. The number of anilines is 3. The third-order valence-corrected chi connectivity index (χ3v) is 14.7. The maximum Gasteiger partial charge on any atom is 0.0674 e. The first-order valence-electron chi connectivity index (χ1n) is 23.9. The molecule has 2 bridgehead atoms. The fourth-order valence-electron chi connectivity index (χ4n) is 11.8. The van der Waals surface area contributed by atoms with Crippen LogP contribution in [0, 0.1) is 5.92 Å². The lowest BCUT2D eigenvalue weighted by molar-refractivity contribution is 0.580. The summed E-state index contributed by atoms with van der Waals surface area (Å²) >= 11 is 0. The van der Waals surface area contributed by atoms with Crippen LogP contribution in [0.4, 0.5) is 17.1 Å². The zero-order valence-electron chi connectivity index (χ0n) is 37.8. The van der Waals surface area contributed by atoms with E-state index in [2.05, 4.69) is 266 Å². The molecule has 13 rings (SSSR count). The summed E-state index contributed by atoms with van der Waals surface area (Å²) in [5, 5.41) is 10.3. The summed E-state index contributed by atoms with van der Waals surface area (Å²) in [6, 6.07) is 87.2. The molecule has 322 valence electrons. The Morgan fingerprint density at radius 2 is 0.985 bits per heavy atom. The maximum absolute atomic E-state index is 4.00. The molecule has 0 saturated carbocycles. The normalized spacial score (nSPS) is 16.1. The first-order valence-corrected chi connectivity index (χ1v) is 23.9. The van der Waals surface area contributed by atoms with Crippen molar-refractivity contribution in [3.63, 3.8) is 0 Å². The fourth-order valence-corrected chi connectivity index (χ4v) is 11.8. The van der Waals surface area contributed by atoms with Gasteiger partial charge in [-0.05, 0) is 138 Å². The van der Waals surface area contributed by atoms with Crippen LogP contribution < -0.4 is 10.6 Å². The lowest BCUT2D eigenvalue weighted by atomic mass is 9.65. The highest BCUT2D eigenvalue weighted by Gasteiger charge is 2.52. The van der Waals surface area contributed by atoms with E-state index in [0.29, 0.717) is 0 Å². The van der Waals surface area contributed by atoms with Crippen molar-refractivity contribution < 1.29 is 0 Å². The van der Waals surface area contributed by atoms with Crippen molar-refractivity contribution in [3.05, 3.63) is 282 Å². The largest absolute Gasteiger partial charge is 0.355 e. The molecule has 2 heteroatoms. The molecule has 68 heavy (non-hydrogen) atoms. The van der Waals surface area contributed by atoms with E-state index >= 15 is 0 Å². The molecule has 3 aliphatic rings. The van der Waals surface area contributed by atoms with Gasteiger partial charge >= 0.3 is 0 Å². The molecular formula is C66H48N2. The third-order valence-electron chi connectivity index (χ3n) is 14.7. The molecule has 10 aromatic carbocycles. The average molecular weight is 869 g/mol. The van der Waals surface area contributed by atoms with Crippen molar-refractivity contribution in [1.82, 2.24) is 0 Å². The number of fused-ring (bicyclic) bond motifs is 12. The van der Waals surface area contributed by atoms with Gasteiger partial charge in [-0.1, -0.05) is 201 Å². The van der Waals surface area contributed by atoms with Crippen LogP contribution in [0.3, 0.4) is 0 Å². The van der Waals surface area contributed by atoms with Crippen molar-refractivity contribution in [3.8, 4) is 55.6 Å². The van der Waals surface area contributed by atoms with Crippen molar-refractivity contribution in [2.75, 3.05) is 10.6 Å². The first kappa shape index (κ1) is 39.9. The number of rotatable bonds is 6. The predicted molar refractivity (Wildman–Crippen MR) is 285 cm³/mol. The Bertz CT molecular complexity index is 3610. The third kappa shape index (κ3) is 6.48. The van der Waals surface area contributed by atoms with E-state index in [0.717, 1.165) is 33.9 Å². The predicted octanol–water partition coefficient (Wildman–Crippen LogP) is 17.2. The monoisotopic (exact) mass is 868 g/mol. The summed E-state index contributed by atoms with van der Waals surface area (Å²) < 4.78 is 0. The molecule has 0 aromatic heterocycles. The van der Waals surface area contributed by atoms with Crippen molar-refractivity contribution >= 4 is 27.8 Å². The van der Waals surface area contributed by atoms with Gasteiger partial charge in [-0.25, -0.2) is 0 Å². The van der Waals surface area contributed by atoms with Gasteiger partial charge in [-0.15, -0.1) is 0 Å². The zero-order chi connectivity index (χ0) is 45.2. The van der Waals surface area contributed by atoms with E-state index in [-0.39, 0.29) is 11.8 Å². The van der Waals surface area contributed by atoms with E-state index in [4.69, 9.17) is 0 Å². The van der Waals surface area contributed by atoms with Crippen LogP contribution in [0.5, 0.6) is 0 Å². The molecule has 0 saturated heterocycles. The Morgan fingerprint density at radius 3 is 1.76 bits per heavy atom. The van der Waals surface area contributed by atoms with Gasteiger partial charge in [0.2, 0.25) is 0 Å². The van der Waals surface area contributed by atoms with Crippen LogP contribution in [0.1, 0.15) is 35.1 Å². The van der Waals surface area contributed by atoms with Crippen LogP contribution in [0.15, 0.2) is 260 Å². The van der Waals surface area contributed by atoms with Gasteiger partial charge in [0, 0.05) is 45.4 Å². The summed E-state index contributed by atoms with van der Waals surface area (Å²) in [5.74, 6) is 0.520. The van der Waals surface area contributed by atoms with Gasteiger partial charge in [0.1, 0.15) is 0 Å². The Balaban J connectivity index is 0.915. The van der Waals surface area contributed by atoms with E-state index < -0.39 is 5.41 Å². The summed E-state index contributed by atoms with van der Waals surface area (Å²) in [4.78, 5) is 0.